The molecule has 1 rings (SSSR count). The van der Waals surface area contributed by atoms with Crippen molar-refractivity contribution in [1.29, 1.82) is 5.26 Å². The van der Waals surface area contributed by atoms with Crippen molar-refractivity contribution in [3.63, 3.8) is 0 Å². The Balaban J connectivity index is 3.46. The molecule has 0 spiro atoms. The lowest BCUT2D eigenvalue weighted by atomic mass is 10.1. The number of halogens is 5. The highest BCUT2D eigenvalue weighted by Crippen LogP contribution is 2.38. The largest absolute Gasteiger partial charge is 0.417 e. The first-order valence-electron chi connectivity index (χ1n) is 4.29. The van der Waals surface area contributed by atoms with E-state index in [2.05, 4.69) is 4.98 Å². The van der Waals surface area contributed by atoms with Crippen LogP contribution in [0.1, 0.15) is 23.2 Å². The first kappa shape index (κ1) is 13.2. The summed E-state index contributed by atoms with van der Waals surface area (Å²) in [6.07, 6.45) is -8.78. The first-order chi connectivity index (χ1) is 7.77. The molecule has 8 heteroatoms. The van der Waals surface area contributed by atoms with Gasteiger partial charge in [0.25, 0.3) is 6.43 Å². The van der Waals surface area contributed by atoms with Crippen molar-refractivity contribution in [3.8, 4) is 6.07 Å². The lowest BCUT2D eigenvalue weighted by molar-refractivity contribution is -0.139. The van der Waals surface area contributed by atoms with Crippen molar-refractivity contribution in [1.82, 2.24) is 4.98 Å². The number of hydrogen-bond donors (Lipinski definition) is 1. The molecule has 3 nitrogen and oxygen atoms in total. The lowest BCUT2D eigenvalue weighted by Crippen LogP contribution is -2.14. The molecule has 0 saturated carbocycles. The summed E-state index contributed by atoms with van der Waals surface area (Å²) in [5, 5.41) is 8.32. The van der Waals surface area contributed by atoms with Crippen LogP contribution in [0.15, 0.2) is 6.07 Å². The molecule has 17 heavy (non-hydrogen) atoms. The average Bonchev–Trinajstić information content (AvgIpc) is 2.15. The van der Waals surface area contributed by atoms with Crippen LogP contribution in [-0.2, 0) is 12.6 Å². The fourth-order valence-electron chi connectivity index (χ4n) is 1.26. The quantitative estimate of drug-likeness (QED) is 0.822. The predicted octanol–water partition coefficient (Wildman–Crippen LogP) is 2.69. The van der Waals surface area contributed by atoms with Gasteiger partial charge in [0.15, 0.2) is 0 Å². The SMILES string of the molecule is N#CCc1cc(C(F)(F)F)c(C(F)F)c(N)n1. The van der Waals surface area contributed by atoms with E-state index < -0.39 is 36.0 Å². The predicted molar refractivity (Wildman–Crippen MR) is 47.9 cm³/mol. The molecule has 1 heterocycles. The molecular formula is C9H6F5N3. The van der Waals surface area contributed by atoms with Crippen molar-refractivity contribution < 1.29 is 22.0 Å². The van der Waals surface area contributed by atoms with Crippen molar-refractivity contribution in [2.45, 2.75) is 19.0 Å². The highest BCUT2D eigenvalue weighted by atomic mass is 19.4. The summed E-state index contributed by atoms with van der Waals surface area (Å²) in [4.78, 5) is 3.33. The number of pyridine rings is 1. The Hall–Kier alpha value is -1.91. The Morgan fingerprint density at radius 3 is 2.41 bits per heavy atom. The van der Waals surface area contributed by atoms with E-state index in [0.29, 0.717) is 6.07 Å². The number of anilines is 1. The zero-order valence-electron chi connectivity index (χ0n) is 8.22. The number of aromatic nitrogens is 1. The van der Waals surface area contributed by atoms with E-state index in [1.807, 2.05) is 0 Å². The minimum atomic E-state index is -4.97. The monoisotopic (exact) mass is 251 g/mol. The molecule has 0 aliphatic rings. The smallest absolute Gasteiger partial charge is 0.383 e. The van der Waals surface area contributed by atoms with Crippen molar-refractivity contribution in [3.05, 3.63) is 22.9 Å². The van der Waals surface area contributed by atoms with E-state index in [-0.39, 0.29) is 5.69 Å². The van der Waals surface area contributed by atoms with Crippen molar-refractivity contribution in [2.24, 2.45) is 0 Å². The molecule has 0 amide bonds. The van der Waals surface area contributed by atoms with Gasteiger partial charge in [0.2, 0.25) is 0 Å². The Morgan fingerprint density at radius 1 is 1.41 bits per heavy atom. The Morgan fingerprint density at radius 2 is 2.00 bits per heavy atom. The van der Waals surface area contributed by atoms with E-state index in [9.17, 15) is 22.0 Å². The number of hydrogen-bond acceptors (Lipinski definition) is 3. The molecule has 0 radical (unpaired) electrons. The maximum Gasteiger partial charge on any atom is 0.417 e. The van der Waals surface area contributed by atoms with Gasteiger partial charge >= 0.3 is 6.18 Å². The molecule has 1 aromatic heterocycles. The summed E-state index contributed by atoms with van der Waals surface area (Å²) in [6, 6.07) is 1.98. The lowest BCUT2D eigenvalue weighted by Gasteiger charge is -2.14. The van der Waals surface area contributed by atoms with Gasteiger partial charge in [-0.25, -0.2) is 13.8 Å². The van der Waals surface area contributed by atoms with Crippen LogP contribution in [-0.4, -0.2) is 4.98 Å². The Kier molecular flexibility index (Phi) is 3.50. The minimum Gasteiger partial charge on any atom is -0.383 e. The number of nitrogens with two attached hydrogens (primary N) is 1. The number of alkyl halides is 5. The average molecular weight is 251 g/mol. The standard InChI is InChI=1S/C9H6F5N3/c10-7(11)6-5(9(12,13)14)3-4(1-2-15)17-8(6)16/h3,7H,1H2,(H2,16,17). The summed E-state index contributed by atoms with van der Waals surface area (Å²) >= 11 is 0. The topological polar surface area (TPSA) is 62.7 Å². The first-order valence-corrected chi connectivity index (χ1v) is 4.29. The molecule has 0 unspecified atom stereocenters. The normalized spacial score (nSPS) is 11.6. The van der Waals surface area contributed by atoms with Crippen LogP contribution < -0.4 is 5.73 Å². The highest BCUT2D eigenvalue weighted by molar-refractivity contribution is 5.48. The second-order valence-electron chi connectivity index (χ2n) is 3.09. The van der Waals surface area contributed by atoms with Gasteiger partial charge in [-0.1, -0.05) is 0 Å². The molecule has 0 bridgehead atoms. The van der Waals surface area contributed by atoms with Crippen LogP contribution >= 0.6 is 0 Å². The van der Waals surface area contributed by atoms with Crippen LogP contribution in [0.3, 0.4) is 0 Å². The van der Waals surface area contributed by atoms with Crippen LogP contribution in [0.25, 0.3) is 0 Å². The molecule has 1 aromatic rings. The molecule has 92 valence electrons. The van der Waals surface area contributed by atoms with Gasteiger partial charge in [0.05, 0.1) is 29.3 Å². The van der Waals surface area contributed by atoms with Gasteiger partial charge in [-0.05, 0) is 6.07 Å². The molecule has 0 saturated heterocycles. The summed E-state index contributed by atoms with van der Waals surface area (Å²) in [6.45, 7) is 0. The Bertz CT molecular complexity index is 461. The molecule has 0 aliphatic heterocycles. The molecular weight excluding hydrogens is 245 g/mol. The van der Waals surface area contributed by atoms with Gasteiger partial charge in [0, 0.05) is 0 Å². The fraction of sp³-hybridized carbons (Fsp3) is 0.333. The van der Waals surface area contributed by atoms with Gasteiger partial charge in [-0.3, -0.25) is 0 Å². The second-order valence-corrected chi connectivity index (χ2v) is 3.09. The van der Waals surface area contributed by atoms with Gasteiger partial charge in [-0.15, -0.1) is 0 Å². The number of rotatable bonds is 2. The van der Waals surface area contributed by atoms with E-state index in [4.69, 9.17) is 11.0 Å². The zero-order valence-corrected chi connectivity index (χ0v) is 8.22. The van der Waals surface area contributed by atoms with E-state index in [1.54, 1.807) is 6.07 Å². The van der Waals surface area contributed by atoms with Crippen LogP contribution in [0.2, 0.25) is 0 Å². The third-order valence-electron chi connectivity index (χ3n) is 1.92. The molecule has 2 N–H and O–H groups in total. The third kappa shape index (κ3) is 2.81. The molecule has 0 fully saturated rings. The molecule has 0 aliphatic carbocycles. The maximum atomic E-state index is 12.5. The fourth-order valence-corrected chi connectivity index (χ4v) is 1.26. The number of nitrogen functional groups attached to an aromatic ring is 1. The van der Waals surface area contributed by atoms with Gasteiger partial charge in [-0.2, -0.15) is 18.4 Å². The van der Waals surface area contributed by atoms with Crippen molar-refractivity contribution >= 4 is 5.82 Å². The summed E-state index contributed by atoms with van der Waals surface area (Å²) < 4.78 is 62.4. The van der Waals surface area contributed by atoms with Crippen LogP contribution in [0, 0.1) is 11.3 Å². The summed E-state index contributed by atoms with van der Waals surface area (Å²) in [7, 11) is 0. The number of nitriles is 1. The summed E-state index contributed by atoms with van der Waals surface area (Å²) in [5.74, 6) is -0.903. The number of nitrogens with zero attached hydrogens (tertiary/aromatic N) is 2. The molecule has 0 aromatic carbocycles. The highest BCUT2D eigenvalue weighted by Gasteiger charge is 2.37. The summed E-state index contributed by atoms with van der Waals surface area (Å²) in [5.41, 5.74) is 1.86. The molecule has 0 atom stereocenters. The van der Waals surface area contributed by atoms with E-state index >= 15 is 0 Å². The maximum absolute atomic E-state index is 12.5. The zero-order chi connectivity index (χ0) is 13.2. The van der Waals surface area contributed by atoms with Crippen LogP contribution in [0.5, 0.6) is 0 Å². The second kappa shape index (κ2) is 4.53. The third-order valence-corrected chi connectivity index (χ3v) is 1.92. The van der Waals surface area contributed by atoms with Gasteiger partial charge < -0.3 is 5.73 Å². The van der Waals surface area contributed by atoms with Gasteiger partial charge in [0.1, 0.15) is 5.82 Å². The van der Waals surface area contributed by atoms with Crippen LogP contribution in [0.4, 0.5) is 27.8 Å². The van der Waals surface area contributed by atoms with E-state index in [1.165, 1.54) is 0 Å². The Labute approximate surface area is 92.7 Å². The van der Waals surface area contributed by atoms with E-state index in [0.717, 1.165) is 0 Å². The minimum absolute atomic E-state index is 0.290. The van der Waals surface area contributed by atoms with Crippen molar-refractivity contribution in [2.75, 3.05) is 5.73 Å².